The molecule has 0 amide bonds. The molecular formula is C16H21FN2O2. The lowest BCUT2D eigenvalue weighted by Gasteiger charge is -2.15. The minimum atomic E-state index is -0.763. The van der Waals surface area contributed by atoms with E-state index in [1.807, 2.05) is 13.0 Å². The Hall–Kier alpha value is -1.93. The van der Waals surface area contributed by atoms with Crippen LogP contribution in [-0.4, -0.2) is 17.1 Å². The Morgan fingerprint density at radius 3 is 2.76 bits per heavy atom. The van der Waals surface area contributed by atoms with Gasteiger partial charge >= 0.3 is 5.97 Å². The van der Waals surface area contributed by atoms with Crippen molar-refractivity contribution in [3.8, 4) is 6.07 Å². The number of hydrogen-bond acceptors (Lipinski definition) is 3. The minimum Gasteiger partial charge on any atom is -0.481 e. The van der Waals surface area contributed by atoms with Crippen LogP contribution < -0.4 is 5.32 Å². The number of aliphatic carboxylic acids is 1. The lowest BCUT2D eigenvalue weighted by molar-refractivity contribution is -0.141. The van der Waals surface area contributed by atoms with Crippen LogP contribution in [0.4, 0.5) is 4.39 Å². The fraction of sp³-hybridized carbons (Fsp3) is 0.500. The van der Waals surface area contributed by atoms with Gasteiger partial charge < -0.3 is 10.4 Å². The van der Waals surface area contributed by atoms with Gasteiger partial charge in [-0.1, -0.05) is 19.4 Å². The second-order valence-corrected chi connectivity index (χ2v) is 5.37. The molecule has 2 N–H and O–H groups in total. The Morgan fingerprint density at radius 1 is 1.43 bits per heavy atom. The van der Waals surface area contributed by atoms with Gasteiger partial charge in [-0.15, -0.1) is 0 Å². The molecule has 0 spiro atoms. The number of carbonyl (C=O) groups is 1. The van der Waals surface area contributed by atoms with E-state index >= 15 is 0 Å². The van der Waals surface area contributed by atoms with E-state index in [1.54, 1.807) is 13.0 Å². The second-order valence-electron chi connectivity index (χ2n) is 5.37. The van der Waals surface area contributed by atoms with Gasteiger partial charge in [-0.2, -0.15) is 5.26 Å². The van der Waals surface area contributed by atoms with Crippen LogP contribution in [0.15, 0.2) is 18.2 Å². The first-order valence-electron chi connectivity index (χ1n) is 7.08. The maximum atomic E-state index is 13.0. The SMILES string of the molecule is CC(CCCC(C)C(=O)O)NCc1ccc(F)cc1C#N. The van der Waals surface area contributed by atoms with Gasteiger partial charge in [-0.05, 0) is 37.5 Å². The van der Waals surface area contributed by atoms with Gasteiger partial charge in [0.15, 0.2) is 0 Å². The Balaban J connectivity index is 2.38. The molecule has 2 unspecified atom stereocenters. The minimum absolute atomic E-state index is 0.211. The van der Waals surface area contributed by atoms with Gasteiger partial charge in [0, 0.05) is 12.6 Å². The Morgan fingerprint density at radius 2 is 2.14 bits per heavy atom. The second kappa shape index (κ2) is 8.38. The molecule has 114 valence electrons. The average molecular weight is 292 g/mol. The fourth-order valence-electron chi connectivity index (χ4n) is 2.05. The number of benzene rings is 1. The van der Waals surface area contributed by atoms with Gasteiger partial charge in [0.1, 0.15) is 5.82 Å². The molecule has 1 aromatic carbocycles. The van der Waals surface area contributed by atoms with E-state index in [2.05, 4.69) is 5.32 Å². The molecule has 0 saturated carbocycles. The highest BCUT2D eigenvalue weighted by atomic mass is 19.1. The summed E-state index contributed by atoms with van der Waals surface area (Å²) in [4.78, 5) is 10.7. The molecule has 0 bridgehead atoms. The maximum Gasteiger partial charge on any atom is 0.306 e. The van der Waals surface area contributed by atoms with Crippen molar-refractivity contribution >= 4 is 5.97 Å². The summed E-state index contributed by atoms with van der Waals surface area (Å²) in [5.74, 6) is -1.49. The van der Waals surface area contributed by atoms with Gasteiger partial charge in [-0.25, -0.2) is 4.39 Å². The molecule has 1 rings (SSSR count). The molecule has 5 heteroatoms. The van der Waals surface area contributed by atoms with E-state index in [9.17, 15) is 9.18 Å². The largest absolute Gasteiger partial charge is 0.481 e. The van der Waals surface area contributed by atoms with E-state index in [-0.39, 0.29) is 12.0 Å². The number of halogens is 1. The van der Waals surface area contributed by atoms with Crippen molar-refractivity contribution in [1.29, 1.82) is 5.26 Å². The number of carboxylic acid groups (broad SMARTS) is 1. The molecule has 0 fully saturated rings. The van der Waals surface area contributed by atoms with E-state index in [0.29, 0.717) is 18.5 Å². The first-order chi connectivity index (χ1) is 9.93. The van der Waals surface area contributed by atoms with Gasteiger partial charge in [0.05, 0.1) is 17.6 Å². The zero-order chi connectivity index (χ0) is 15.8. The van der Waals surface area contributed by atoms with Crippen LogP contribution in [-0.2, 0) is 11.3 Å². The van der Waals surface area contributed by atoms with Crippen LogP contribution in [0.5, 0.6) is 0 Å². The molecule has 0 aliphatic carbocycles. The van der Waals surface area contributed by atoms with Crippen molar-refractivity contribution in [3.63, 3.8) is 0 Å². The first kappa shape index (κ1) is 17.1. The number of carboxylic acids is 1. The third kappa shape index (κ3) is 5.92. The van der Waals surface area contributed by atoms with Gasteiger partial charge in [-0.3, -0.25) is 4.79 Å². The summed E-state index contributed by atoms with van der Waals surface area (Å²) in [6.07, 6.45) is 2.35. The van der Waals surface area contributed by atoms with Crippen molar-refractivity contribution in [1.82, 2.24) is 5.32 Å². The number of rotatable bonds is 8. The Bertz CT molecular complexity index is 525. The van der Waals surface area contributed by atoms with Crippen molar-refractivity contribution in [2.75, 3.05) is 0 Å². The molecule has 2 atom stereocenters. The van der Waals surface area contributed by atoms with Crippen LogP contribution in [0.3, 0.4) is 0 Å². The third-order valence-corrected chi connectivity index (χ3v) is 3.53. The zero-order valence-corrected chi connectivity index (χ0v) is 12.4. The summed E-state index contributed by atoms with van der Waals surface area (Å²) in [7, 11) is 0. The number of hydrogen-bond donors (Lipinski definition) is 2. The summed E-state index contributed by atoms with van der Waals surface area (Å²) >= 11 is 0. The molecule has 0 heterocycles. The van der Waals surface area contributed by atoms with E-state index in [1.165, 1.54) is 12.1 Å². The smallest absolute Gasteiger partial charge is 0.306 e. The molecule has 21 heavy (non-hydrogen) atoms. The lowest BCUT2D eigenvalue weighted by atomic mass is 10.0. The van der Waals surface area contributed by atoms with Gasteiger partial charge in [0.2, 0.25) is 0 Å². The summed E-state index contributed by atoms with van der Waals surface area (Å²) in [6.45, 7) is 4.22. The monoisotopic (exact) mass is 292 g/mol. The van der Waals surface area contributed by atoms with E-state index in [4.69, 9.17) is 10.4 Å². The fourth-order valence-corrected chi connectivity index (χ4v) is 2.05. The van der Waals surface area contributed by atoms with Crippen molar-refractivity contribution < 1.29 is 14.3 Å². The summed E-state index contributed by atoms with van der Waals surface area (Å²) in [5.41, 5.74) is 1.11. The summed E-state index contributed by atoms with van der Waals surface area (Å²) < 4.78 is 13.0. The quantitative estimate of drug-likeness (QED) is 0.772. The van der Waals surface area contributed by atoms with Crippen LogP contribution >= 0.6 is 0 Å². The highest BCUT2D eigenvalue weighted by Gasteiger charge is 2.11. The molecule has 0 radical (unpaired) electrons. The highest BCUT2D eigenvalue weighted by Crippen LogP contribution is 2.12. The molecule has 0 aliphatic heterocycles. The third-order valence-electron chi connectivity index (χ3n) is 3.53. The van der Waals surface area contributed by atoms with Crippen molar-refractivity contribution in [3.05, 3.63) is 35.1 Å². The zero-order valence-electron chi connectivity index (χ0n) is 12.4. The van der Waals surface area contributed by atoms with Gasteiger partial charge in [0.25, 0.3) is 0 Å². The predicted molar refractivity (Wildman–Crippen MR) is 78.1 cm³/mol. The standard InChI is InChI=1S/C16H21FN2O2/c1-11(16(20)21)4-3-5-12(2)19-10-13-6-7-15(17)8-14(13)9-18/h6-8,11-12,19H,3-5,10H2,1-2H3,(H,20,21). The van der Waals surface area contributed by atoms with Crippen LogP contribution in [0.1, 0.15) is 44.2 Å². The normalized spacial score (nSPS) is 13.4. The van der Waals surface area contributed by atoms with Crippen LogP contribution in [0.2, 0.25) is 0 Å². The molecule has 0 aromatic heterocycles. The predicted octanol–water partition coefficient (Wildman–Crippen LogP) is 3.07. The highest BCUT2D eigenvalue weighted by molar-refractivity contribution is 5.69. The first-order valence-corrected chi connectivity index (χ1v) is 7.08. The Labute approximate surface area is 124 Å². The average Bonchev–Trinajstić information content (AvgIpc) is 2.45. The van der Waals surface area contributed by atoms with E-state index in [0.717, 1.165) is 18.4 Å². The molecule has 0 saturated heterocycles. The van der Waals surface area contributed by atoms with Crippen molar-refractivity contribution in [2.24, 2.45) is 5.92 Å². The topological polar surface area (TPSA) is 73.1 Å². The molecule has 1 aromatic rings. The molecular weight excluding hydrogens is 271 g/mol. The maximum absolute atomic E-state index is 13.0. The Kier molecular flexibility index (Phi) is 6.83. The van der Waals surface area contributed by atoms with Crippen LogP contribution in [0.25, 0.3) is 0 Å². The van der Waals surface area contributed by atoms with Crippen LogP contribution in [0, 0.1) is 23.1 Å². The summed E-state index contributed by atoms with van der Waals surface area (Å²) in [6, 6.07) is 6.38. The molecule has 0 aliphatic rings. The van der Waals surface area contributed by atoms with E-state index < -0.39 is 11.8 Å². The van der Waals surface area contributed by atoms with Crippen molar-refractivity contribution in [2.45, 2.75) is 45.7 Å². The number of nitrogens with one attached hydrogen (secondary N) is 1. The summed E-state index contributed by atoms with van der Waals surface area (Å²) in [5, 5.41) is 21.0. The number of nitrogens with zero attached hydrogens (tertiary/aromatic N) is 1. The number of nitriles is 1. The molecule has 4 nitrogen and oxygen atoms in total. The lowest BCUT2D eigenvalue weighted by Crippen LogP contribution is -2.26.